The molecule has 1 aromatic carbocycles. The molecule has 4 rings (SSSR count). The van der Waals surface area contributed by atoms with E-state index in [-0.39, 0.29) is 6.10 Å². The molecule has 8 nitrogen and oxygen atoms in total. The Kier molecular flexibility index (Phi) is 5.96. The molecular formula is C20H22BrN5O3. The first-order valence-electron chi connectivity index (χ1n) is 9.50. The molecule has 1 fully saturated rings. The number of primary amides is 1. The molecule has 0 saturated carbocycles. The topological polar surface area (TPSA) is 106 Å². The number of carbonyl (C=O) groups excluding carboxylic acids is 1. The number of likely N-dealkylation sites (tertiary alicyclic amines) is 1. The summed E-state index contributed by atoms with van der Waals surface area (Å²) in [4.78, 5) is 25.2. The normalized spacial score (nSPS) is 17.3. The lowest BCUT2D eigenvalue weighted by Crippen LogP contribution is -2.42. The van der Waals surface area contributed by atoms with E-state index in [9.17, 15) is 4.79 Å². The summed E-state index contributed by atoms with van der Waals surface area (Å²) < 4.78 is 11.9. The van der Waals surface area contributed by atoms with Gasteiger partial charge in [-0.05, 0) is 65.6 Å². The fourth-order valence-electron chi connectivity index (χ4n) is 3.49. The van der Waals surface area contributed by atoms with Crippen molar-refractivity contribution in [3.8, 4) is 17.1 Å². The highest BCUT2D eigenvalue weighted by Crippen LogP contribution is 2.23. The summed E-state index contributed by atoms with van der Waals surface area (Å²) in [6.45, 7) is 2.99. The smallest absolute Gasteiger partial charge is 0.404 e. The molecule has 1 atom stereocenters. The Morgan fingerprint density at radius 2 is 2.17 bits per heavy atom. The van der Waals surface area contributed by atoms with Crippen LogP contribution in [0, 0.1) is 0 Å². The number of carbonyl (C=O) groups is 1. The van der Waals surface area contributed by atoms with Gasteiger partial charge in [-0.3, -0.25) is 4.90 Å². The van der Waals surface area contributed by atoms with Gasteiger partial charge in [0.05, 0.1) is 5.52 Å². The third-order valence-electron chi connectivity index (χ3n) is 4.85. The van der Waals surface area contributed by atoms with Crippen molar-refractivity contribution in [2.45, 2.75) is 18.9 Å². The summed E-state index contributed by atoms with van der Waals surface area (Å²) in [5.74, 6) is 1.57. The maximum Gasteiger partial charge on any atom is 0.404 e. The van der Waals surface area contributed by atoms with Gasteiger partial charge in [-0.1, -0.05) is 0 Å². The third-order valence-corrected chi connectivity index (χ3v) is 5.29. The SMILES string of the molecule is NC(=O)OC1CCCN(CCOc2ccc(-c3nc4ncc(Br)cc4[nH]3)cc2)C1. The lowest BCUT2D eigenvalue weighted by Gasteiger charge is -2.31. The van der Waals surface area contributed by atoms with Crippen LogP contribution in [0.1, 0.15) is 12.8 Å². The molecule has 1 aliphatic rings. The minimum atomic E-state index is -0.707. The van der Waals surface area contributed by atoms with E-state index in [4.69, 9.17) is 15.2 Å². The number of amides is 1. The van der Waals surface area contributed by atoms with Crippen molar-refractivity contribution in [2.75, 3.05) is 26.2 Å². The quantitative estimate of drug-likeness (QED) is 0.585. The van der Waals surface area contributed by atoms with Gasteiger partial charge in [-0.2, -0.15) is 0 Å². The Hall–Kier alpha value is -2.65. The van der Waals surface area contributed by atoms with E-state index < -0.39 is 6.09 Å². The van der Waals surface area contributed by atoms with Crippen LogP contribution in [0.3, 0.4) is 0 Å². The number of H-pyrrole nitrogens is 1. The number of imidazole rings is 1. The molecule has 3 heterocycles. The molecule has 1 saturated heterocycles. The van der Waals surface area contributed by atoms with Crippen LogP contribution >= 0.6 is 15.9 Å². The molecule has 152 valence electrons. The Labute approximate surface area is 176 Å². The van der Waals surface area contributed by atoms with Crippen LogP contribution in [0.5, 0.6) is 5.75 Å². The van der Waals surface area contributed by atoms with E-state index in [0.29, 0.717) is 18.8 Å². The zero-order chi connectivity index (χ0) is 20.2. The van der Waals surface area contributed by atoms with Crippen LogP contribution in [-0.2, 0) is 4.74 Å². The van der Waals surface area contributed by atoms with Gasteiger partial charge >= 0.3 is 6.09 Å². The lowest BCUT2D eigenvalue weighted by atomic mass is 10.1. The van der Waals surface area contributed by atoms with Gasteiger partial charge in [0.2, 0.25) is 0 Å². The van der Waals surface area contributed by atoms with Crippen LogP contribution in [0.4, 0.5) is 4.79 Å². The second-order valence-electron chi connectivity index (χ2n) is 6.98. The molecule has 3 aromatic rings. The fraction of sp³-hybridized carbons (Fsp3) is 0.350. The zero-order valence-electron chi connectivity index (χ0n) is 15.8. The van der Waals surface area contributed by atoms with Gasteiger partial charge < -0.3 is 20.2 Å². The van der Waals surface area contributed by atoms with Crippen LogP contribution in [-0.4, -0.2) is 58.3 Å². The van der Waals surface area contributed by atoms with Crippen molar-refractivity contribution in [3.63, 3.8) is 0 Å². The van der Waals surface area contributed by atoms with Crippen LogP contribution in [0.15, 0.2) is 41.0 Å². The highest BCUT2D eigenvalue weighted by Gasteiger charge is 2.22. The predicted octanol–water partition coefficient (Wildman–Crippen LogP) is 3.33. The number of benzene rings is 1. The molecule has 0 bridgehead atoms. The van der Waals surface area contributed by atoms with E-state index in [0.717, 1.165) is 53.1 Å². The summed E-state index contributed by atoms with van der Waals surface area (Å²) >= 11 is 3.42. The van der Waals surface area contributed by atoms with E-state index in [1.807, 2.05) is 30.3 Å². The summed E-state index contributed by atoms with van der Waals surface area (Å²) in [5, 5.41) is 0. The van der Waals surface area contributed by atoms with Gasteiger partial charge in [0, 0.05) is 29.3 Å². The first kappa shape index (κ1) is 19.7. The first-order valence-corrected chi connectivity index (χ1v) is 10.3. The minimum absolute atomic E-state index is 0.126. The van der Waals surface area contributed by atoms with Gasteiger partial charge in [0.1, 0.15) is 24.3 Å². The number of ether oxygens (including phenoxy) is 2. The average Bonchev–Trinajstić information content (AvgIpc) is 3.11. The van der Waals surface area contributed by atoms with Crippen molar-refractivity contribution in [1.82, 2.24) is 19.9 Å². The summed E-state index contributed by atoms with van der Waals surface area (Å²) in [7, 11) is 0. The molecule has 0 aliphatic carbocycles. The van der Waals surface area contributed by atoms with Crippen molar-refractivity contribution >= 4 is 33.2 Å². The van der Waals surface area contributed by atoms with Crippen LogP contribution in [0.25, 0.3) is 22.6 Å². The maximum atomic E-state index is 10.9. The number of hydrogen-bond acceptors (Lipinski definition) is 6. The standard InChI is InChI=1S/C20H22BrN5O3/c21-14-10-17-19(23-11-14)25-18(24-17)13-3-5-15(6-4-13)28-9-8-26-7-1-2-16(12-26)29-20(22)27/h3-6,10-11,16H,1-2,7-9,12H2,(H2,22,27)(H,23,24,25). The zero-order valence-corrected chi connectivity index (χ0v) is 17.4. The molecular weight excluding hydrogens is 438 g/mol. The van der Waals surface area contributed by atoms with E-state index >= 15 is 0 Å². The van der Waals surface area contributed by atoms with E-state index in [1.165, 1.54) is 0 Å². The van der Waals surface area contributed by atoms with E-state index in [2.05, 4.69) is 35.8 Å². The second-order valence-corrected chi connectivity index (χ2v) is 7.90. The molecule has 0 spiro atoms. The average molecular weight is 460 g/mol. The molecule has 2 aromatic heterocycles. The largest absolute Gasteiger partial charge is 0.492 e. The van der Waals surface area contributed by atoms with Crippen molar-refractivity contribution in [3.05, 3.63) is 41.0 Å². The third kappa shape index (κ3) is 5.04. The van der Waals surface area contributed by atoms with Gasteiger partial charge in [0.25, 0.3) is 0 Å². The Balaban J connectivity index is 1.31. The molecule has 1 aliphatic heterocycles. The molecule has 3 N–H and O–H groups in total. The number of nitrogens with zero attached hydrogens (tertiary/aromatic N) is 3. The van der Waals surface area contributed by atoms with Crippen molar-refractivity contribution < 1.29 is 14.3 Å². The second kappa shape index (κ2) is 8.79. The number of fused-ring (bicyclic) bond motifs is 1. The van der Waals surface area contributed by atoms with Gasteiger partial charge in [0.15, 0.2) is 5.65 Å². The number of hydrogen-bond donors (Lipinski definition) is 2. The number of halogens is 1. The molecule has 0 radical (unpaired) electrons. The molecule has 29 heavy (non-hydrogen) atoms. The predicted molar refractivity (Wildman–Crippen MR) is 113 cm³/mol. The maximum absolute atomic E-state index is 10.9. The number of aromatic amines is 1. The minimum Gasteiger partial charge on any atom is -0.492 e. The summed E-state index contributed by atoms with van der Waals surface area (Å²) in [5.41, 5.74) is 7.65. The highest BCUT2D eigenvalue weighted by atomic mass is 79.9. The number of nitrogens with one attached hydrogen (secondary N) is 1. The number of pyridine rings is 1. The number of rotatable bonds is 6. The first-order chi connectivity index (χ1) is 14.1. The highest BCUT2D eigenvalue weighted by molar-refractivity contribution is 9.10. The molecule has 1 amide bonds. The van der Waals surface area contributed by atoms with Crippen molar-refractivity contribution in [1.29, 1.82) is 0 Å². The lowest BCUT2D eigenvalue weighted by molar-refractivity contribution is 0.0429. The Morgan fingerprint density at radius 3 is 2.97 bits per heavy atom. The Bertz CT molecular complexity index is 991. The Morgan fingerprint density at radius 1 is 1.34 bits per heavy atom. The number of piperidine rings is 1. The number of nitrogens with two attached hydrogens (primary N) is 1. The fourth-order valence-corrected chi connectivity index (χ4v) is 3.82. The summed E-state index contributed by atoms with van der Waals surface area (Å²) in [6.07, 6.45) is 2.74. The van der Waals surface area contributed by atoms with E-state index in [1.54, 1.807) is 6.20 Å². The van der Waals surface area contributed by atoms with Gasteiger partial charge in [-0.25, -0.2) is 14.8 Å². The van der Waals surface area contributed by atoms with Gasteiger partial charge in [-0.15, -0.1) is 0 Å². The monoisotopic (exact) mass is 459 g/mol. The van der Waals surface area contributed by atoms with Crippen LogP contribution < -0.4 is 10.5 Å². The van der Waals surface area contributed by atoms with Crippen molar-refractivity contribution in [2.24, 2.45) is 5.73 Å². The van der Waals surface area contributed by atoms with Crippen LogP contribution in [0.2, 0.25) is 0 Å². The molecule has 1 unspecified atom stereocenters. The number of aromatic nitrogens is 3. The summed E-state index contributed by atoms with van der Waals surface area (Å²) in [6, 6.07) is 9.76. The molecule has 9 heteroatoms.